The summed E-state index contributed by atoms with van der Waals surface area (Å²) in [5.41, 5.74) is 0.797. The topological polar surface area (TPSA) is 3.01 Å². The van der Waals surface area contributed by atoms with Gasteiger partial charge in [0.25, 0.3) is 0 Å². The van der Waals surface area contributed by atoms with E-state index < -0.39 is 0 Å². The van der Waals surface area contributed by atoms with Crippen LogP contribution in [0, 0.1) is 11.8 Å². The second kappa shape index (κ2) is 3.34. The standard InChI is InChI=1S/C12H20IN/c1-2-3-4-10-9(5-7-13)11-12(10)6-8-14(11)12/h9-11H,2-8H2,1H3/t9?,10?,11?,12-,14?/m1/s1. The molecule has 0 aromatic rings. The van der Waals surface area contributed by atoms with Gasteiger partial charge in [-0.15, -0.1) is 0 Å². The molecule has 2 aliphatic heterocycles. The molecule has 2 heteroatoms. The normalized spacial score (nSPS) is 52.7. The number of fused-ring (bicyclic) bond motifs is 1. The zero-order chi connectivity index (χ0) is 9.76. The van der Waals surface area contributed by atoms with Crippen molar-refractivity contribution in [2.24, 2.45) is 11.8 Å². The van der Waals surface area contributed by atoms with Crippen molar-refractivity contribution in [3.05, 3.63) is 0 Å². The molecule has 3 rings (SSSR count). The van der Waals surface area contributed by atoms with Gasteiger partial charge in [0.1, 0.15) is 0 Å². The molecule has 14 heavy (non-hydrogen) atoms. The summed E-state index contributed by atoms with van der Waals surface area (Å²) in [6, 6.07) is 1.05. The van der Waals surface area contributed by atoms with E-state index in [2.05, 4.69) is 34.4 Å². The monoisotopic (exact) mass is 305 g/mol. The van der Waals surface area contributed by atoms with Crippen molar-refractivity contribution in [2.75, 3.05) is 11.0 Å². The van der Waals surface area contributed by atoms with Crippen LogP contribution in [-0.2, 0) is 0 Å². The van der Waals surface area contributed by atoms with E-state index in [0.29, 0.717) is 0 Å². The number of nitrogens with zero attached hydrogens (tertiary/aromatic N) is 1. The maximum absolute atomic E-state index is 2.80. The Morgan fingerprint density at radius 2 is 2.29 bits per heavy atom. The number of unbranched alkanes of at least 4 members (excludes halogenated alkanes) is 1. The van der Waals surface area contributed by atoms with Crippen molar-refractivity contribution >= 4 is 22.6 Å². The SMILES string of the molecule is CCCCC1C(CCI)C2N3CC[C@@]123. The number of halogens is 1. The van der Waals surface area contributed by atoms with Crippen LogP contribution in [0.15, 0.2) is 0 Å². The maximum Gasteiger partial charge on any atom is 0.0415 e. The van der Waals surface area contributed by atoms with Crippen molar-refractivity contribution < 1.29 is 0 Å². The van der Waals surface area contributed by atoms with Gasteiger partial charge in [-0.2, -0.15) is 0 Å². The summed E-state index contributed by atoms with van der Waals surface area (Å²) >= 11 is 2.55. The highest BCUT2D eigenvalue weighted by Gasteiger charge is 2.82. The zero-order valence-electron chi connectivity index (χ0n) is 9.01. The molecule has 80 valence electrons. The molecule has 4 unspecified atom stereocenters. The van der Waals surface area contributed by atoms with E-state index >= 15 is 0 Å². The third kappa shape index (κ3) is 0.998. The second-order valence-electron chi connectivity index (χ2n) is 5.27. The molecule has 2 heterocycles. The minimum Gasteiger partial charge on any atom is -0.291 e. The van der Waals surface area contributed by atoms with Gasteiger partial charge in [0, 0.05) is 18.1 Å². The molecule has 0 amide bonds. The number of alkyl halides is 1. The molecule has 1 spiro atoms. The molecule has 0 aromatic heterocycles. The van der Waals surface area contributed by atoms with Crippen LogP contribution in [-0.4, -0.2) is 27.5 Å². The van der Waals surface area contributed by atoms with E-state index in [1.807, 2.05) is 0 Å². The quantitative estimate of drug-likeness (QED) is 0.428. The van der Waals surface area contributed by atoms with E-state index in [1.54, 1.807) is 0 Å². The fraction of sp³-hybridized carbons (Fsp3) is 1.00. The Bertz CT molecular complexity index is 242. The van der Waals surface area contributed by atoms with E-state index in [4.69, 9.17) is 0 Å². The molecule has 3 fully saturated rings. The average molecular weight is 305 g/mol. The lowest BCUT2D eigenvalue weighted by atomic mass is 9.60. The summed E-state index contributed by atoms with van der Waals surface area (Å²) in [6.45, 7) is 3.75. The smallest absolute Gasteiger partial charge is 0.0415 e. The molecule has 2 saturated heterocycles. The minimum absolute atomic E-state index is 0.797. The van der Waals surface area contributed by atoms with E-state index in [0.717, 1.165) is 23.4 Å². The molecule has 5 atom stereocenters. The number of rotatable bonds is 5. The Morgan fingerprint density at radius 3 is 2.86 bits per heavy atom. The van der Waals surface area contributed by atoms with Crippen molar-refractivity contribution in [3.63, 3.8) is 0 Å². The summed E-state index contributed by atoms with van der Waals surface area (Å²) in [6.07, 6.45) is 7.38. The van der Waals surface area contributed by atoms with Crippen molar-refractivity contribution in [3.8, 4) is 0 Å². The Balaban J connectivity index is 1.63. The van der Waals surface area contributed by atoms with Crippen LogP contribution in [0.4, 0.5) is 0 Å². The van der Waals surface area contributed by atoms with E-state index in [1.165, 1.54) is 43.1 Å². The lowest BCUT2D eigenvalue weighted by molar-refractivity contribution is 0.103. The summed E-state index contributed by atoms with van der Waals surface area (Å²) in [5, 5.41) is 0. The molecule has 0 N–H and O–H groups in total. The Morgan fingerprint density at radius 1 is 1.43 bits per heavy atom. The number of hydrogen-bond acceptors (Lipinski definition) is 1. The first-order valence-corrected chi connectivity index (χ1v) is 7.71. The second-order valence-corrected chi connectivity index (χ2v) is 6.35. The molecule has 0 bridgehead atoms. The molecule has 0 radical (unpaired) electrons. The van der Waals surface area contributed by atoms with Crippen LogP contribution in [0.2, 0.25) is 0 Å². The lowest BCUT2D eigenvalue weighted by Crippen LogP contribution is -2.50. The van der Waals surface area contributed by atoms with Crippen LogP contribution >= 0.6 is 22.6 Å². The predicted molar refractivity (Wildman–Crippen MR) is 67.9 cm³/mol. The first-order chi connectivity index (χ1) is 6.86. The van der Waals surface area contributed by atoms with Crippen molar-refractivity contribution in [1.82, 2.24) is 4.90 Å². The van der Waals surface area contributed by atoms with Crippen LogP contribution in [0.1, 0.15) is 39.0 Å². The van der Waals surface area contributed by atoms with Gasteiger partial charge < -0.3 is 0 Å². The molecule has 0 aromatic carbocycles. The molecular formula is C12H20IN. The van der Waals surface area contributed by atoms with Crippen LogP contribution in [0.3, 0.4) is 0 Å². The molecule has 3 aliphatic rings. The molecule has 1 aliphatic carbocycles. The Kier molecular flexibility index (Phi) is 2.36. The third-order valence-corrected chi connectivity index (χ3v) is 5.57. The Labute approximate surface area is 101 Å². The van der Waals surface area contributed by atoms with Gasteiger partial charge in [-0.1, -0.05) is 42.4 Å². The van der Waals surface area contributed by atoms with Gasteiger partial charge in [0.2, 0.25) is 0 Å². The summed E-state index contributed by atoms with van der Waals surface area (Å²) in [7, 11) is 0. The highest BCUT2D eigenvalue weighted by Crippen LogP contribution is 2.73. The van der Waals surface area contributed by atoms with Crippen molar-refractivity contribution in [1.29, 1.82) is 0 Å². The Hall–Kier alpha value is 0.690. The fourth-order valence-corrected chi connectivity index (χ4v) is 5.00. The van der Waals surface area contributed by atoms with E-state index in [9.17, 15) is 0 Å². The first kappa shape index (κ1) is 9.88. The molecule has 1 nitrogen and oxygen atoms in total. The van der Waals surface area contributed by atoms with E-state index in [-0.39, 0.29) is 0 Å². The molecular weight excluding hydrogens is 285 g/mol. The number of hydrogen-bond donors (Lipinski definition) is 0. The highest BCUT2D eigenvalue weighted by molar-refractivity contribution is 14.1. The van der Waals surface area contributed by atoms with Gasteiger partial charge in [-0.25, -0.2) is 0 Å². The maximum atomic E-state index is 2.80. The molecule has 1 saturated carbocycles. The van der Waals surface area contributed by atoms with Crippen molar-refractivity contribution in [2.45, 2.75) is 50.6 Å². The average Bonchev–Trinajstić information content (AvgIpc) is 2.56. The predicted octanol–water partition coefficient (Wildman–Crippen LogP) is 3.07. The largest absolute Gasteiger partial charge is 0.291 e. The highest BCUT2D eigenvalue weighted by atomic mass is 127. The van der Waals surface area contributed by atoms with Gasteiger partial charge in [-0.05, 0) is 35.5 Å². The van der Waals surface area contributed by atoms with Crippen LogP contribution < -0.4 is 0 Å². The van der Waals surface area contributed by atoms with Crippen LogP contribution in [0.5, 0.6) is 0 Å². The third-order valence-electron chi connectivity index (χ3n) is 4.94. The van der Waals surface area contributed by atoms with Gasteiger partial charge >= 0.3 is 0 Å². The van der Waals surface area contributed by atoms with Crippen LogP contribution in [0.25, 0.3) is 0 Å². The minimum atomic E-state index is 0.797. The summed E-state index contributed by atoms with van der Waals surface area (Å²) in [4.78, 5) is 2.80. The first-order valence-electron chi connectivity index (χ1n) is 6.19. The summed E-state index contributed by atoms with van der Waals surface area (Å²) < 4.78 is 1.37. The fourth-order valence-electron chi connectivity index (χ4n) is 4.28. The van der Waals surface area contributed by atoms with Gasteiger partial charge in [0.05, 0.1) is 0 Å². The lowest BCUT2D eigenvalue weighted by Gasteiger charge is -2.44. The van der Waals surface area contributed by atoms with Gasteiger partial charge in [-0.3, -0.25) is 4.90 Å². The summed E-state index contributed by atoms with van der Waals surface area (Å²) in [5.74, 6) is 2.18. The van der Waals surface area contributed by atoms with Gasteiger partial charge in [0.15, 0.2) is 0 Å². The zero-order valence-corrected chi connectivity index (χ0v) is 11.2.